The van der Waals surface area contributed by atoms with Crippen molar-refractivity contribution in [3.05, 3.63) is 82.4 Å². The minimum Gasteiger partial charge on any atom is -0.390 e. The van der Waals surface area contributed by atoms with Gasteiger partial charge in [-0.25, -0.2) is 13.8 Å². The highest BCUT2D eigenvalue weighted by Crippen LogP contribution is 2.28. The molecule has 0 aliphatic carbocycles. The number of aliphatic hydroxyl groups is 1. The molecule has 1 heterocycles. The van der Waals surface area contributed by atoms with E-state index in [0.717, 1.165) is 21.2 Å². The highest BCUT2D eigenvalue weighted by Gasteiger charge is 2.18. The molecule has 0 fully saturated rings. The average molecular weight is 408 g/mol. The van der Waals surface area contributed by atoms with Crippen LogP contribution in [0, 0.1) is 18.6 Å². The number of benzene rings is 2. The van der Waals surface area contributed by atoms with Gasteiger partial charge in [0.05, 0.1) is 12.7 Å². The summed E-state index contributed by atoms with van der Waals surface area (Å²) in [5.41, 5.74) is 2.43. The number of aliphatic hydroxyl groups excluding tert-OH is 1. The number of hydrogen-bond donors (Lipinski definition) is 1. The zero-order chi connectivity index (χ0) is 19.2. The van der Waals surface area contributed by atoms with E-state index in [1.165, 1.54) is 36.0 Å². The van der Waals surface area contributed by atoms with Gasteiger partial charge in [-0.2, -0.15) is 0 Å². The number of hydrogen-bond acceptors (Lipinski definition) is 5. The molecule has 3 aromatic rings. The largest absolute Gasteiger partial charge is 0.390 e. The Balaban J connectivity index is 1.65. The highest BCUT2D eigenvalue weighted by molar-refractivity contribution is 8.01. The SMILES string of the molecule is Cc1csc(SCC(O)COC(c2ccc(F)cc2)c2ccc(F)cc2)n1. The van der Waals surface area contributed by atoms with Crippen molar-refractivity contribution in [1.82, 2.24) is 4.98 Å². The van der Waals surface area contributed by atoms with Gasteiger partial charge in [-0.3, -0.25) is 0 Å². The number of thioether (sulfide) groups is 1. The molecule has 1 aromatic heterocycles. The van der Waals surface area contributed by atoms with Gasteiger partial charge in [0.25, 0.3) is 0 Å². The molecular weight excluding hydrogens is 388 g/mol. The maximum Gasteiger partial charge on any atom is 0.150 e. The van der Waals surface area contributed by atoms with Crippen LogP contribution in [0.25, 0.3) is 0 Å². The summed E-state index contributed by atoms with van der Waals surface area (Å²) in [7, 11) is 0. The maximum absolute atomic E-state index is 13.2. The monoisotopic (exact) mass is 407 g/mol. The molecule has 142 valence electrons. The third-order valence-electron chi connectivity index (χ3n) is 3.80. The van der Waals surface area contributed by atoms with E-state index in [2.05, 4.69) is 4.98 Å². The van der Waals surface area contributed by atoms with Crippen LogP contribution in [0.2, 0.25) is 0 Å². The molecule has 0 spiro atoms. The zero-order valence-electron chi connectivity index (χ0n) is 14.6. The van der Waals surface area contributed by atoms with Crippen LogP contribution in [0.1, 0.15) is 22.9 Å². The third kappa shape index (κ3) is 5.84. The van der Waals surface area contributed by atoms with Crippen LogP contribution >= 0.6 is 23.1 Å². The van der Waals surface area contributed by atoms with E-state index in [4.69, 9.17) is 4.74 Å². The Bertz CT molecular complexity index is 808. The molecule has 0 bridgehead atoms. The standard InChI is InChI=1S/C20H19F2NO2S2/c1-13-11-26-20(23-13)27-12-18(24)10-25-19(14-2-6-16(21)7-3-14)15-4-8-17(22)9-5-15/h2-9,11,18-19,24H,10,12H2,1H3. The molecule has 1 N–H and O–H groups in total. The summed E-state index contributed by atoms with van der Waals surface area (Å²) in [4.78, 5) is 4.35. The fourth-order valence-corrected chi connectivity index (χ4v) is 4.26. The Morgan fingerprint density at radius 2 is 1.59 bits per heavy atom. The van der Waals surface area contributed by atoms with Crippen molar-refractivity contribution in [2.45, 2.75) is 23.5 Å². The first kappa shape index (κ1) is 19.9. The van der Waals surface area contributed by atoms with E-state index in [-0.39, 0.29) is 18.2 Å². The molecule has 7 heteroatoms. The maximum atomic E-state index is 13.2. The second-order valence-electron chi connectivity index (χ2n) is 6.04. The first-order valence-electron chi connectivity index (χ1n) is 8.37. The van der Waals surface area contributed by atoms with Gasteiger partial charge in [0, 0.05) is 16.8 Å². The molecule has 1 unspecified atom stereocenters. The van der Waals surface area contributed by atoms with Gasteiger partial charge in [-0.15, -0.1) is 11.3 Å². The molecule has 3 nitrogen and oxygen atoms in total. The van der Waals surface area contributed by atoms with Crippen LogP contribution in [0.3, 0.4) is 0 Å². The van der Waals surface area contributed by atoms with Crippen molar-refractivity contribution in [3.63, 3.8) is 0 Å². The van der Waals surface area contributed by atoms with Gasteiger partial charge in [-0.05, 0) is 42.3 Å². The minimum absolute atomic E-state index is 0.0940. The van der Waals surface area contributed by atoms with Crippen molar-refractivity contribution >= 4 is 23.1 Å². The van der Waals surface area contributed by atoms with Crippen molar-refractivity contribution < 1.29 is 18.6 Å². The van der Waals surface area contributed by atoms with Crippen molar-refractivity contribution in [2.75, 3.05) is 12.4 Å². The predicted molar refractivity (Wildman–Crippen MR) is 104 cm³/mol. The summed E-state index contributed by atoms with van der Waals surface area (Å²) in [5, 5.41) is 12.2. The lowest BCUT2D eigenvalue weighted by Gasteiger charge is -2.21. The number of aromatic nitrogens is 1. The van der Waals surface area contributed by atoms with E-state index < -0.39 is 12.2 Å². The Morgan fingerprint density at radius 1 is 1.04 bits per heavy atom. The van der Waals surface area contributed by atoms with Crippen molar-refractivity contribution in [3.8, 4) is 0 Å². The second-order valence-corrected chi connectivity index (χ2v) is 8.16. The van der Waals surface area contributed by atoms with E-state index in [9.17, 15) is 13.9 Å². The lowest BCUT2D eigenvalue weighted by Crippen LogP contribution is -2.20. The van der Waals surface area contributed by atoms with Crippen LogP contribution in [0.5, 0.6) is 0 Å². The van der Waals surface area contributed by atoms with E-state index in [1.807, 2.05) is 12.3 Å². The number of thiazole rings is 1. The first-order chi connectivity index (χ1) is 13.0. The lowest BCUT2D eigenvalue weighted by molar-refractivity contribution is 0.0155. The van der Waals surface area contributed by atoms with Crippen LogP contribution in [0.4, 0.5) is 8.78 Å². The van der Waals surface area contributed by atoms with Crippen LogP contribution in [-0.2, 0) is 4.74 Å². The Labute approximate surface area is 165 Å². The number of halogens is 2. The average Bonchev–Trinajstić information content (AvgIpc) is 3.08. The van der Waals surface area contributed by atoms with Gasteiger partial charge in [0.1, 0.15) is 22.1 Å². The molecule has 0 aliphatic heterocycles. The smallest absolute Gasteiger partial charge is 0.150 e. The predicted octanol–water partition coefficient (Wildman–Crippen LogP) is 4.99. The molecule has 0 amide bonds. The van der Waals surface area contributed by atoms with Crippen LogP contribution in [-0.4, -0.2) is 28.6 Å². The minimum atomic E-state index is -0.692. The van der Waals surface area contributed by atoms with Crippen LogP contribution in [0.15, 0.2) is 58.3 Å². The topological polar surface area (TPSA) is 42.4 Å². The van der Waals surface area contributed by atoms with Gasteiger partial charge in [0.2, 0.25) is 0 Å². The lowest BCUT2D eigenvalue weighted by atomic mass is 10.0. The first-order valence-corrected chi connectivity index (χ1v) is 10.2. The number of ether oxygens (including phenoxy) is 1. The van der Waals surface area contributed by atoms with E-state index >= 15 is 0 Å². The quantitative estimate of drug-likeness (QED) is 0.534. The molecular formula is C20H19F2NO2S2. The number of rotatable bonds is 8. The van der Waals surface area contributed by atoms with Crippen molar-refractivity contribution in [1.29, 1.82) is 0 Å². The summed E-state index contributed by atoms with van der Waals surface area (Å²) in [6, 6.07) is 11.9. The summed E-state index contributed by atoms with van der Waals surface area (Å²) in [6.45, 7) is 2.02. The molecule has 3 rings (SSSR count). The summed E-state index contributed by atoms with van der Waals surface area (Å²) in [5.74, 6) is -0.231. The van der Waals surface area contributed by atoms with E-state index in [1.54, 1.807) is 35.6 Å². The highest BCUT2D eigenvalue weighted by atomic mass is 32.2. The zero-order valence-corrected chi connectivity index (χ0v) is 16.3. The van der Waals surface area contributed by atoms with Crippen molar-refractivity contribution in [2.24, 2.45) is 0 Å². The third-order valence-corrected chi connectivity index (χ3v) is 6.08. The molecule has 1 atom stereocenters. The summed E-state index contributed by atoms with van der Waals surface area (Å²) < 4.78 is 33.3. The fraction of sp³-hybridized carbons (Fsp3) is 0.250. The Kier molecular flexibility index (Phi) is 6.95. The van der Waals surface area contributed by atoms with Gasteiger partial charge in [0.15, 0.2) is 0 Å². The van der Waals surface area contributed by atoms with Gasteiger partial charge < -0.3 is 9.84 Å². The Hall–Kier alpha value is -1.80. The molecule has 0 radical (unpaired) electrons. The molecule has 2 aromatic carbocycles. The summed E-state index contributed by atoms with van der Waals surface area (Å²) in [6.07, 6.45) is -1.21. The van der Waals surface area contributed by atoms with Gasteiger partial charge >= 0.3 is 0 Å². The Morgan fingerprint density at radius 3 is 2.07 bits per heavy atom. The summed E-state index contributed by atoms with van der Waals surface area (Å²) >= 11 is 3.02. The second kappa shape index (κ2) is 9.41. The van der Waals surface area contributed by atoms with Gasteiger partial charge in [-0.1, -0.05) is 36.0 Å². The van der Waals surface area contributed by atoms with E-state index in [0.29, 0.717) is 5.75 Å². The molecule has 0 saturated heterocycles. The molecule has 0 aliphatic rings. The number of nitrogens with zero attached hydrogens (tertiary/aromatic N) is 1. The normalized spacial score (nSPS) is 12.5. The number of aryl methyl sites for hydroxylation is 1. The molecule has 0 saturated carbocycles. The van der Waals surface area contributed by atoms with Crippen LogP contribution < -0.4 is 0 Å². The molecule has 27 heavy (non-hydrogen) atoms. The fourth-order valence-electron chi connectivity index (χ4n) is 2.48.